The predicted molar refractivity (Wildman–Crippen MR) is 60.8 cm³/mol. The van der Waals surface area contributed by atoms with Crippen LogP contribution in [0.4, 0.5) is 13.2 Å². The number of hydrogen-bond donors (Lipinski definition) is 0. The van der Waals surface area contributed by atoms with Crippen LogP contribution in [0.1, 0.15) is 19.4 Å². The van der Waals surface area contributed by atoms with Crippen LogP contribution in [-0.4, -0.2) is 13.9 Å². The lowest BCUT2D eigenvalue weighted by Gasteiger charge is -2.12. The average molecular weight is 280 g/mol. The topological polar surface area (TPSA) is 43.4 Å². The van der Waals surface area contributed by atoms with Gasteiger partial charge in [-0.25, -0.2) is 0 Å². The third-order valence-corrected chi connectivity index (χ3v) is 3.29. The predicted octanol–water partition coefficient (Wildman–Crippen LogP) is 3.30. The molecule has 0 spiro atoms. The van der Waals surface area contributed by atoms with Gasteiger partial charge in [-0.2, -0.15) is 21.6 Å². The molecule has 0 aliphatic heterocycles. The minimum Gasteiger partial charge on any atom is -0.381 e. The summed E-state index contributed by atoms with van der Waals surface area (Å²) in [5.41, 5.74) is -4.51. The van der Waals surface area contributed by atoms with Gasteiger partial charge in [-0.15, -0.1) is 0 Å². The van der Waals surface area contributed by atoms with Gasteiger partial charge in [0, 0.05) is 0 Å². The first-order valence-corrected chi connectivity index (χ1v) is 6.29. The second-order valence-electron chi connectivity index (χ2n) is 3.53. The largest absolute Gasteiger partial charge is 0.534 e. The Bertz CT molecular complexity index is 545. The molecule has 18 heavy (non-hydrogen) atoms. The third-order valence-electron chi connectivity index (χ3n) is 2.25. The van der Waals surface area contributed by atoms with Crippen LogP contribution in [0.5, 0.6) is 0 Å². The highest BCUT2D eigenvalue weighted by Crippen LogP contribution is 2.28. The quantitative estimate of drug-likeness (QED) is 0.484. The Labute approximate surface area is 103 Å². The number of benzene rings is 1. The van der Waals surface area contributed by atoms with Gasteiger partial charge in [-0.05, 0) is 25.0 Å². The molecule has 1 aromatic rings. The summed E-state index contributed by atoms with van der Waals surface area (Å²) < 4.78 is 62.1. The Hall–Kier alpha value is -1.50. The second-order valence-corrected chi connectivity index (χ2v) is 5.07. The summed E-state index contributed by atoms with van der Waals surface area (Å²) in [6.45, 7) is 2.65. The minimum absolute atomic E-state index is 0.307. The van der Waals surface area contributed by atoms with E-state index in [-0.39, 0.29) is 5.76 Å². The van der Waals surface area contributed by atoms with Crippen LogP contribution in [0.2, 0.25) is 0 Å². The van der Waals surface area contributed by atoms with Crippen molar-refractivity contribution in [3.05, 3.63) is 41.7 Å². The molecular weight excluding hydrogens is 269 g/mol. The van der Waals surface area contributed by atoms with E-state index in [2.05, 4.69) is 4.18 Å². The van der Waals surface area contributed by atoms with Gasteiger partial charge < -0.3 is 4.18 Å². The molecule has 0 amide bonds. The molecule has 0 atom stereocenters. The van der Waals surface area contributed by atoms with Crippen LogP contribution in [0.3, 0.4) is 0 Å². The van der Waals surface area contributed by atoms with Crippen molar-refractivity contribution in [2.24, 2.45) is 0 Å². The van der Waals surface area contributed by atoms with Gasteiger partial charge in [0.25, 0.3) is 0 Å². The first-order chi connectivity index (χ1) is 8.15. The molecule has 0 N–H and O–H groups in total. The van der Waals surface area contributed by atoms with Crippen LogP contribution in [0, 0.1) is 0 Å². The number of rotatable bonds is 3. The Balaban J connectivity index is 3.06. The summed E-state index contributed by atoms with van der Waals surface area (Å²) in [7, 11) is -5.61. The number of alkyl halides is 3. The van der Waals surface area contributed by atoms with Gasteiger partial charge in [0.1, 0.15) is 5.76 Å². The van der Waals surface area contributed by atoms with Gasteiger partial charge in [0.2, 0.25) is 0 Å². The van der Waals surface area contributed by atoms with E-state index in [4.69, 9.17) is 0 Å². The highest BCUT2D eigenvalue weighted by molar-refractivity contribution is 7.87. The van der Waals surface area contributed by atoms with E-state index in [9.17, 15) is 21.6 Å². The van der Waals surface area contributed by atoms with E-state index in [0.717, 1.165) is 0 Å². The first kappa shape index (κ1) is 14.6. The normalized spacial score (nSPS) is 14.1. The molecule has 0 radical (unpaired) electrons. The van der Waals surface area contributed by atoms with Gasteiger partial charge in [0.05, 0.1) is 0 Å². The van der Waals surface area contributed by atoms with Gasteiger partial charge in [0.15, 0.2) is 0 Å². The first-order valence-electron chi connectivity index (χ1n) is 4.89. The Morgan fingerprint density at radius 2 is 1.61 bits per heavy atom. The van der Waals surface area contributed by atoms with Crippen LogP contribution in [0.15, 0.2) is 36.1 Å². The van der Waals surface area contributed by atoms with E-state index in [1.54, 1.807) is 30.3 Å². The zero-order chi connectivity index (χ0) is 14.0. The van der Waals surface area contributed by atoms with Crippen LogP contribution in [0.25, 0.3) is 5.57 Å². The molecule has 3 nitrogen and oxygen atoms in total. The summed E-state index contributed by atoms with van der Waals surface area (Å²) in [6.07, 6.45) is 0. The SMILES string of the molecule is CC(OS(=O)(=O)C(F)(F)F)=C(C)c1ccccc1. The molecule has 0 aromatic heterocycles. The van der Waals surface area contributed by atoms with E-state index >= 15 is 0 Å². The lowest BCUT2D eigenvalue weighted by molar-refractivity contribution is -0.0521. The summed E-state index contributed by atoms with van der Waals surface area (Å²) in [5.74, 6) is -0.307. The van der Waals surface area contributed by atoms with Gasteiger partial charge >= 0.3 is 15.6 Å². The summed E-state index contributed by atoms with van der Waals surface area (Å²) in [4.78, 5) is 0. The fourth-order valence-corrected chi connectivity index (χ4v) is 1.71. The average Bonchev–Trinajstić information content (AvgIpc) is 2.27. The third kappa shape index (κ3) is 3.25. The Morgan fingerprint density at radius 1 is 1.11 bits per heavy atom. The fourth-order valence-electron chi connectivity index (χ4n) is 1.17. The summed E-state index contributed by atoms with van der Waals surface area (Å²) in [6, 6.07) is 8.39. The molecule has 0 saturated carbocycles. The van der Waals surface area contributed by atoms with Gasteiger partial charge in [-0.1, -0.05) is 30.3 Å². The lowest BCUT2D eigenvalue weighted by Crippen LogP contribution is -2.25. The van der Waals surface area contributed by atoms with Crippen molar-refractivity contribution < 1.29 is 25.8 Å². The highest BCUT2D eigenvalue weighted by atomic mass is 32.2. The maximum Gasteiger partial charge on any atom is 0.534 e. The number of allylic oxidation sites excluding steroid dienone is 2. The van der Waals surface area contributed by atoms with Gasteiger partial charge in [-0.3, -0.25) is 0 Å². The van der Waals surface area contributed by atoms with Crippen molar-refractivity contribution in [2.75, 3.05) is 0 Å². The molecule has 7 heteroatoms. The molecule has 0 saturated heterocycles. The van der Waals surface area contributed by atoms with Crippen molar-refractivity contribution in [3.8, 4) is 0 Å². The summed E-state index contributed by atoms with van der Waals surface area (Å²) in [5, 5.41) is 0. The molecule has 0 unspecified atom stereocenters. The molecule has 100 valence electrons. The molecular formula is C11H11F3O3S. The maximum atomic E-state index is 12.1. The number of hydrogen-bond acceptors (Lipinski definition) is 3. The Kier molecular flexibility index (Phi) is 4.05. The van der Waals surface area contributed by atoms with E-state index in [0.29, 0.717) is 11.1 Å². The van der Waals surface area contributed by atoms with E-state index in [1.165, 1.54) is 13.8 Å². The zero-order valence-electron chi connectivity index (χ0n) is 9.65. The van der Waals surface area contributed by atoms with Crippen LogP contribution >= 0.6 is 0 Å². The van der Waals surface area contributed by atoms with Crippen molar-refractivity contribution in [1.29, 1.82) is 0 Å². The standard InChI is InChI=1S/C11H11F3O3S/c1-8(10-6-4-3-5-7-10)9(2)17-18(15,16)11(12,13)14/h3-7H,1-2H3. The smallest absolute Gasteiger partial charge is 0.381 e. The molecule has 0 aliphatic carbocycles. The lowest BCUT2D eigenvalue weighted by atomic mass is 10.1. The fraction of sp³-hybridized carbons (Fsp3) is 0.273. The van der Waals surface area contributed by atoms with E-state index in [1.807, 2.05) is 0 Å². The highest BCUT2D eigenvalue weighted by Gasteiger charge is 2.48. The zero-order valence-corrected chi connectivity index (χ0v) is 10.5. The molecule has 1 aromatic carbocycles. The van der Waals surface area contributed by atoms with Crippen molar-refractivity contribution in [2.45, 2.75) is 19.4 Å². The van der Waals surface area contributed by atoms with Crippen LogP contribution in [-0.2, 0) is 14.3 Å². The molecule has 0 heterocycles. The summed E-state index contributed by atoms with van der Waals surface area (Å²) >= 11 is 0. The number of halogens is 3. The van der Waals surface area contributed by atoms with Crippen molar-refractivity contribution in [3.63, 3.8) is 0 Å². The van der Waals surface area contributed by atoms with Crippen LogP contribution < -0.4 is 0 Å². The van der Waals surface area contributed by atoms with Crippen molar-refractivity contribution >= 4 is 15.7 Å². The van der Waals surface area contributed by atoms with Crippen molar-refractivity contribution in [1.82, 2.24) is 0 Å². The molecule has 0 bridgehead atoms. The molecule has 1 rings (SSSR count). The minimum atomic E-state index is -5.61. The van der Waals surface area contributed by atoms with E-state index < -0.39 is 15.6 Å². The molecule has 0 aliphatic rings. The Morgan fingerprint density at radius 3 is 2.06 bits per heavy atom. The second kappa shape index (κ2) is 5.01. The maximum absolute atomic E-state index is 12.1. The molecule has 0 fully saturated rings. The monoisotopic (exact) mass is 280 g/mol.